The molecule has 0 spiro atoms. The summed E-state index contributed by atoms with van der Waals surface area (Å²) >= 11 is 0. The Morgan fingerprint density at radius 3 is 2.67 bits per heavy atom. The average molecular weight is 159 g/mol. The second-order valence-electron chi connectivity index (χ2n) is 2.47. The molecule has 2 radical (unpaired) electrons. The van der Waals surface area contributed by atoms with Gasteiger partial charge in [0, 0.05) is 6.08 Å². The third-order valence-electron chi connectivity index (χ3n) is 1.71. The zero-order valence-electron chi connectivity index (χ0n) is 7.22. The second-order valence-corrected chi connectivity index (χ2v) is 2.47. The molecule has 2 nitrogen and oxygen atoms in total. The molecule has 0 fully saturated rings. The molecule has 0 heterocycles. The van der Waals surface area contributed by atoms with Crippen LogP contribution in [0.3, 0.4) is 0 Å². The third-order valence-corrected chi connectivity index (χ3v) is 1.71. The van der Waals surface area contributed by atoms with E-state index in [9.17, 15) is 0 Å². The minimum Gasteiger partial charge on any atom is -0.497 e. The highest BCUT2D eigenvalue weighted by Gasteiger charge is 2.10. The van der Waals surface area contributed by atoms with Gasteiger partial charge in [-0.05, 0) is 12.5 Å². The average Bonchev–Trinajstić information content (AvgIpc) is 2.08. The summed E-state index contributed by atoms with van der Waals surface area (Å²) in [6.45, 7) is 1.87. The van der Waals surface area contributed by atoms with Gasteiger partial charge in [0.25, 0.3) is 0 Å². The topological polar surface area (TPSA) is 33.1 Å². The van der Waals surface area contributed by atoms with E-state index < -0.39 is 0 Å². The van der Waals surface area contributed by atoms with Crippen LogP contribution in [0.1, 0.15) is 6.92 Å². The van der Waals surface area contributed by atoms with Crippen molar-refractivity contribution in [1.82, 2.24) is 0 Å². The molecule has 0 aliphatic heterocycles. The van der Waals surface area contributed by atoms with Gasteiger partial charge >= 0.3 is 0 Å². The van der Waals surface area contributed by atoms with Crippen LogP contribution in [0.2, 0.25) is 0 Å². The molecule has 0 amide bonds. The van der Waals surface area contributed by atoms with Gasteiger partial charge in [0.15, 0.2) is 0 Å². The lowest BCUT2D eigenvalue weighted by Gasteiger charge is -2.14. The molecule has 12 heavy (non-hydrogen) atoms. The summed E-state index contributed by atoms with van der Waals surface area (Å²) in [5.74, 6) is 0.561. The first-order valence-electron chi connectivity index (χ1n) is 3.67. The summed E-state index contributed by atoms with van der Waals surface area (Å²) < 4.78 is 4.97. The molecule has 0 bridgehead atoms. The predicted octanol–water partition coefficient (Wildman–Crippen LogP) is 1.55. The highest BCUT2D eigenvalue weighted by molar-refractivity contribution is 6.27. The van der Waals surface area contributed by atoms with Crippen LogP contribution in [0.25, 0.3) is 0 Å². The predicted molar refractivity (Wildman–Crippen MR) is 50.4 cm³/mol. The molecule has 0 unspecified atom stereocenters. The van der Waals surface area contributed by atoms with E-state index in [1.165, 1.54) is 0 Å². The molecule has 0 atom stereocenters. The van der Waals surface area contributed by atoms with Crippen LogP contribution >= 0.6 is 0 Å². The number of allylic oxidation sites excluding steroid dienone is 5. The Hall–Kier alpha value is -1.25. The molecule has 1 aliphatic carbocycles. The van der Waals surface area contributed by atoms with Crippen LogP contribution in [0.15, 0.2) is 35.0 Å². The van der Waals surface area contributed by atoms with E-state index >= 15 is 0 Å². The van der Waals surface area contributed by atoms with Gasteiger partial charge in [0.2, 0.25) is 0 Å². The fraction of sp³-hybridized carbons (Fsp3) is 0.222. The minimum absolute atomic E-state index is 0.434. The van der Waals surface area contributed by atoms with Crippen molar-refractivity contribution in [2.75, 3.05) is 7.11 Å². The Kier molecular flexibility index (Phi) is 2.53. The van der Waals surface area contributed by atoms with E-state index in [1.54, 1.807) is 19.3 Å². The van der Waals surface area contributed by atoms with Crippen molar-refractivity contribution < 1.29 is 4.74 Å². The lowest BCUT2D eigenvalue weighted by Crippen LogP contribution is -2.07. The standard InChI is InChI=1S/C9H10BNO/c1-3-6-4-7(10)9(12-2)5-8(6)11/h3-5,11H,1-2H3/b6-3-,11-8?. The Morgan fingerprint density at radius 2 is 2.17 bits per heavy atom. The molecule has 0 saturated heterocycles. The Labute approximate surface area is 73.5 Å². The lowest BCUT2D eigenvalue weighted by molar-refractivity contribution is 0.305. The summed E-state index contributed by atoms with van der Waals surface area (Å²) in [5, 5.41) is 7.54. The number of hydrogen-bond donors (Lipinski definition) is 1. The van der Waals surface area contributed by atoms with Crippen LogP contribution in [0.5, 0.6) is 0 Å². The number of rotatable bonds is 1. The summed E-state index contributed by atoms with van der Waals surface area (Å²) in [4.78, 5) is 0. The van der Waals surface area contributed by atoms with Gasteiger partial charge in [0.1, 0.15) is 13.6 Å². The van der Waals surface area contributed by atoms with Gasteiger partial charge in [-0.1, -0.05) is 17.6 Å². The zero-order chi connectivity index (χ0) is 9.14. The van der Waals surface area contributed by atoms with Crippen LogP contribution < -0.4 is 0 Å². The van der Waals surface area contributed by atoms with E-state index in [0.29, 0.717) is 16.9 Å². The molecule has 1 aliphatic rings. The van der Waals surface area contributed by atoms with Crippen molar-refractivity contribution in [3.05, 3.63) is 35.0 Å². The highest BCUT2D eigenvalue weighted by atomic mass is 16.5. The molecule has 3 heteroatoms. The maximum absolute atomic E-state index is 7.54. The summed E-state index contributed by atoms with van der Waals surface area (Å²) in [6, 6.07) is 0. The van der Waals surface area contributed by atoms with E-state index in [0.717, 1.165) is 5.57 Å². The number of hydrogen-bond acceptors (Lipinski definition) is 2. The van der Waals surface area contributed by atoms with Gasteiger partial charge in [-0.3, -0.25) is 0 Å². The van der Waals surface area contributed by atoms with Gasteiger partial charge < -0.3 is 10.1 Å². The molecule has 60 valence electrons. The fourth-order valence-corrected chi connectivity index (χ4v) is 1.03. The van der Waals surface area contributed by atoms with Crippen LogP contribution in [0, 0.1) is 5.41 Å². The van der Waals surface area contributed by atoms with Crippen molar-refractivity contribution in [2.45, 2.75) is 6.92 Å². The van der Waals surface area contributed by atoms with Crippen molar-refractivity contribution in [3.8, 4) is 0 Å². The second kappa shape index (κ2) is 3.43. The first-order valence-corrected chi connectivity index (χ1v) is 3.67. The maximum Gasteiger partial charge on any atom is 0.119 e. The zero-order valence-corrected chi connectivity index (χ0v) is 7.22. The van der Waals surface area contributed by atoms with Crippen LogP contribution in [-0.2, 0) is 4.74 Å². The Balaban J connectivity index is 3.04. The van der Waals surface area contributed by atoms with Crippen LogP contribution in [0.4, 0.5) is 0 Å². The molecule has 0 aromatic rings. The first kappa shape index (κ1) is 8.85. The molecular weight excluding hydrogens is 149 g/mol. The lowest BCUT2D eigenvalue weighted by atomic mass is 9.86. The molecular formula is C9H10BNO. The maximum atomic E-state index is 7.54. The van der Waals surface area contributed by atoms with Gasteiger partial charge in [0.05, 0.1) is 12.8 Å². The molecule has 1 N–H and O–H groups in total. The van der Waals surface area contributed by atoms with Gasteiger partial charge in [-0.25, -0.2) is 0 Å². The quantitative estimate of drug-likeness (QED) is 0.578. The monoisotopic (exact) mass is 159 g/mol. The summed E-state index contributed by atoms with van der Waals surface area (Å²) in [6.07, 6.45) is 5.20. The molecule has 0 aromatic heterocycles. The summed E-state index contributed by atoms with van der Waals surface area (Å²) in [5.41, 5.74) is 1.83. The molecule has 1 rings (SSSR count). The number of nitrogens with one attached hydrogen (secondary N) is 1. The first-order chi connectivity index (χ1) is 5.69. The minimum atomic E-state index is 0.434. The normalized spacial score (nSPS) is 20.5. The van der Waals surface area contributed by atoms with E-state index in [4.69, 9.17) is 18.0 Å². The fourth-order valence-electron chi connectivity index (χ4n) is 1.03. The largest absolute Gasteiger partial charge is 0.497 e. The van der Waals surface area contributed by atoms with E-state index in [2.05, 4.69) is 0 Å². The Morgan fingerprint density at radius 1 is 1.50 bits per heavy atom. The highest BCUT2D eigenvalue weighted by Crippen LogP contribution is 2.18. The smallest absolute Gasteiger partial charge is 0.119 e. The van der Waals surface area contributed by atoms with Crippen LogP contribution in [-0.4, -0.2) is 20.7 Å². The SMILES string of the molecule is [B]C1=C/C(=C/C)C(=N)C=C1OC. The van der Waals surface area contributed by atoms with Crippen molar-refractivity contribution in [3.63, 3.8) is 0 Å². The summed E-state index contributed by atoms with van der Waals surface area (Å²) in [7, 11) is 7.19. The molecule has 0 aromatic carbocycles. The van der Waals surface area contributed by atoms with E-state index in [1.807, 2.05) is 13.0 Å². The van der Waals surface area contributed by atoms with Gasteiger partial charge in [-0.2, -0.15) is 0 Å². The van der Waals surface area contributed by atoms with Crippen molar-refractivity contribution in [1.29, 1.82) is 5.41 Å². The molecule has 0 saturated carbocycles. The van der Waals surface area contributed by atoms with Crippen molar-refractivity contribution in [2.24, 2.45) is 0 Å². The van der Waals surface area contributed by atoms with Gasteiger partial charge in [-0.15, -0.1) is 0 Å². The Bertz CT molecular complexity index is 300. The van der Waals surface area contributed by atoms with Crippen molar-refractivity contribution >= 4 is 13.6 Å². The number of methoxy groups -OCH3 is 1. The number of ether oxygens (including phenoxy) is 1. The van der Waals surface area contributed by atoms with E-state index in [-0.39, 0.29) is 0 Å². The third kappa shape index (κ3) is 1.50.